The Hall–Kier alpha value is -3.40. The van der Waals surface area contributed by atoms with Gasteiger partial charge in [0.15, 0.2) is 0 Å². The molecular weight excluding hydrogens is 439 g/mol. The molecule has 176 valence electrons. The van der Waals surface area contributed by atoms with Gasteiger partial charge in [-0.25, -0.2) is 4.79 Å². The molecule has 1 saturated carbocycles. The monoisotopic (exact) mass is 463 g/mol. The van der Waals surface area contributed by atoms with Crippen molar-refractivity contribution in [2.45, 2.75) is 24.9 Å². The molecule has 2 fully saturated rings. The molecule has 33 heavy (non-hydrogen) atoms. The van der Waals surface area contributed by atoms with Crippen LogP contribution in [0.4, 0.5) is 18.9 Å². The Kier molecular flexibility index (Phi) is 7.70. The minimum Gasteiger partial charge on any atom is -0.475 e. The summed E-state index contributed by atoms with van der Waals surface area (Å²) >= 11 is 0. The minimum atomic E-state index is -5.08. The third kappa shape index (κ3) is 7.04. The molecule has 3 N–H and O–H groups in total. The molecule has 0 aromatic heterocycles. The zero-order valence-electron chi connectivity index (χ0n) is 17.7. The van der Waals surface area contributed by atoms with Crippen LogP contribution in [0.2, 0.25) is 0 Å². The maximum absolute atomic E-state index is 12.5. The van der Waals surface area contributed by atoms with Crippen molar-refractivity contribution in [2.75, 3.05) is 31.5 Å². The summed E-state index contributed by atoms with van der Waals surface area (Å²) in [6.07, 6.45) is -2.65. The Labute approximate surface area is 188 Å². The molecule has 2 amide bonds. The number of piperazine rings is 1. The first kappa shape index (κ1) is 24.2. The SMILES string of the molecule is O=C(Nc1ccc(C(=O)N2CCNCC2)cc1)c1cccc(C2CC2)c1.O=C(O)C(F)(F)F. The first-order valence-corrected chi connectivity index (χ1v) is 10.5. The Morgan fingerprint density at radius 2 is 1.58 bits per heavy atom. The summed E-state index contributed by atoms with van der Waals surface area (Å²) in [5.74, 6) is -2.21. The van der Waals surface area contributed by atoms with Crippen molar-refractivity contribution in [2.24, 2.45) is 0 Å². The van der Waals surface area contributed by atoms with E-state index in [1.807, 2.05) is 23.1 Å². The Bertz CT molecular complexity index is 999. The number of carbonyl (C=O) groups is 3. The molecule has 0 radical (unpaired) electrons. The third-order valence-corrected chi connectivity index (χ3v) is 5.23. The molecule has 1 aliphatic heterocycles. The average Bonchev–Trinajstić information content (AvgIpc) is 3.65. The van der Waals surface area contributed by atoms with Crippen LogP contribution in [0.3, 0.4) is 0 Å². The van der Waals surface area contributed by atoms with Crippen LogP contribution in [-0.4, -0.2) is 60.1 Å². The second-order valence-electron chi connectivity index (χ2n) is 7.78. The van der Waals surface area contributed by atoms with E-state index in [2.05, 4.69) is 16.7 Å². The van der Waals surface area contributed by atoms with E-state index < -0.39 is 12.1 Å². The number of halogens is 3. The van der Waals surface area contributed by atoms with Gasteiger partial charge < -0.3 is 20.6 Å². The number of amides is 2. The molecule has 0 unspecified atom stereocenters. The second-order valence-corrected chi connectivity index (χ2v) is 7.78. The summed E-state index contributed by atoms with van der Waals surface area (Å²) in [6.45, 7) is 3.13. The summed E-state index contributed by atoms with van der Waals surface area (Å²) in [5.41, 5.74) is 3.27. The molecule has 7 nitrogen and oxygen atoms in total. The largest absolute Gasteiger partial charge is 0.490 e. The predicted octanol–water partition coefficient (Wildman–Crippen LogP) is 3.50. The summed E-state index contributed by atoms with van der Waals surface area (Å²) in [7, 11) is 0. The molecule has 0 spiro atoms. The Balaban J connectivity index is 0.000000383. The van der Waals surface area contributed by atoms with E-state index >= 15 is 0 Å². The van der Waals surface area contributed by atoms with Gasteiger partial charge in [0.2, 0.25) is 0 Å². The number of anilines is 1. The summed E-state index contributed by atoms with van der Waals surface area (Å²) in [6, 6.07) is 15.0. The summed E-state index contributed by atoms with van der Waals surface area (Å²) in [5, 5.41) is 13.3. The van der Waals surface area contributed by atoms with E-state index in [4.69, 9.17) is 9.90 Å². The van der Waals surface area contributed by atoms with Gasteiger partial charge in [0, 0.05) is 43.0 Å². The van der Waals surface area contributed by atoms with E-state index in [1.165, 1.54) is 18.4 Å². The van der Waals surface area contributed by atoms with Gasteiger partial charge in [-0.15, -0.1) is 0 Å². The van der Waals surface area contributed by atoms with E-state index in [-0.39, 0.29) is 11.8 Å². The van der Waals surface area contributed by atoms with Crippen LogP contribution >= 0.6 is 0 Å². The number of hydrogen-bond acceptors (Lipinski definition) is 4. The van der Waals surface area contributed by atoms with Crippen molar-refractivity contribution in [3.63, 3.8) is 0 Å². The van der Waals surface area contributed by atoms with Crippen molar-refractivity contribution in [3.8, 4) is 0 Å². The molecule has 2 aliphatic rings. The van der Waals surface area contributed by atoms with E-state index in [0.29, 0.717) is 22.7 Å². The molecule has 2 aromatic carbocycles. The zero-order chi connectivity index (χ0) is 24.0. The number of hydrogen-bond donors (Lipinski definition) is 3. The van der Waals surface area contributed by atoms with Crippen molar-refractivity contribution in [3.05, 3.63) is 65.2 Å². The van der Waals surface area contributed by atoms with Crippen LogP contribution in [-0.2, 0) is 4.79 Å². The molecule has 10 heteroatoms. The summed E-state index contributed by atoms with van der Waals surface area (Å²) < 4.78 is 31.7. The number of carboxylic acid groups (broad SMARTS) is 1. The number of alkyl halides is 3. The minimum absolute atomic E-state index is 0.0431. The number of nitrogens with zero attached hydrogens (tertiary/aromatic N) is 1. The van der Waals surface area contributed by atoms with Crippen LogP contribution in [0, 0.1) is 0 Å². The topological polar surface area (TPSA) is 98.7 Å². The van der Waals surface area contributed by atoms with Gasteiger partial charge in [0.1, 0.15) is 0 Å². The standard InChI is InChI=1S/C21H23N3O2.C2HF3O2/c25-20(18-3-1-2-17(14-18)15-4-5-15)23-19-8-6-16(7-9-19)21(26)24-12-10-22-11-13-24;3-2(4,5)1(6)7/h1-3,6-9,14-15,22H,4-5,10-13H2,(H,23,25);(H,6,7). The van der Waals surface area contributed by atoms with Crippen molar-refractivity contribution in [1.82, 2.24) is 10.2 Å². The van der Waals surface area contributed by atoms with Gasteiger partial charge in [-0.3, -0.25) is 9.59 Å². The molecule has 4 rings (SSSR count). The number of nitrogens with one attached hydrogen (secondary N) is 2. The first-order valence-electron chi connectivity index (χ1n) is 10.5. The smallest absolute Gasteiger partial charge is 0.475 e. The quantitative estimate of drug-likeness (QED) is 0.645. The lowest BCUT2D eigenvalue weighted by molar-refractivity contribution is -0.192. The Morgan fingerprint density at radius 3 is 2.12 bits per heavy atom. The molecular formula is C23H24F3N3O4. The number of aliphatic carboxylic acids is 1. The zero-order valence-corrected chi connectivity index (χ0v) is 17.7. The average molecular weight is 463 g/mol. The van der Waals surface area contributed by atoms with Crippen LogP contribution in [0.1, 0.15) is 45.0 Å². The van der Waals surface area contributed by atoms with Crippen LogP contribution in [0.25, 0.3) is 0 Å². The lowest BCUT2D eigenvalue weighted by atomic mass is 10.1. The van der Waals surface area contributed by atoms with Gasteiger partial charge in [0.05, 0.1) is 0 Å². The molecule has 0 atom stereocenters. The fourth-order valence-electron chi connectivity index (χ4n) is 3.30. The second kappa shape index (κ2) is 10.5. The van der Waals surface area contributed by atoms with Crippen LogP contribution < -0.4 is 10.6 Å². The predicted molar refractivity (Wildman–Crippen MR) is 115 cm³/mol. The molecule has 0 bridgehead atoms. The molecule has 1 saturated heterocycles. The summed E-state index contributed by atoms with van der Waals surface area (Å²) in [4.78, 5) is 35.7. The number of benzene rings is 2. The maximum atomic E-state index is 12.5. The molecule has 1 aliphatic carbocycles. The van der Waals surface area contributed by atoms with Crippen molar-refractivity contribution < 1.29 is 32.7 Å². The third-order valence-electron chi connectivity index (χ3n) is 5.23. The highest BCUT2D eigenvalue weighted by Crippen LogP contribution is 2.40. The van der Waals surface area contributed by atoms with Gasteiger partial charge in [-0.05, 0) is 60.7 Å². The number of rotatable bonds is 4. The van der Waals surface area contributed by atoms with Crippen LogP contribution in [0.5, 0.6) is 0 Å². The fraction of sp³-hybridized carbons (Fsp3) is 0.348. The number of carbonyl (C=O) groups excluding carboxylic acids is 2. The van der Waals surface area contributed by atoms with Crippen molar-refractivity contribution in [1.29, 1.82) is 0 Å². The lowest BCUT2D eigenvalue weighted by Crippen LogP contribution is -2.46. The Morgan fingerprint density at radius 1 is 0.970 bits per heavy atom. The highest BCUT2D eigenvalue weighted by molar-refractivity contribution is 6.04. The molecule has 1 heterocycles. The maximum Gasteiger partial charge on any atom is 0.490 e. The highest BCUT2D eigenvalue weighted by atomic mass is 19.4. The van der Waals surface area contributed by atoms with Crippen molar-refractivity contribution >= 4 is 23.5 Å². The first-order chi connectivity index (χ1) is 15.6. The molecule has 2 aromatic rings. The normalized spacial score (nSPS) is 15.8. The van der Waals surface area contributed by atoms with Gasteiger partial charge in [-0.2, -0.15) is 13.2 Å². The van der Waals surface area contributed by atoms with Gasteiger partial charge in [-0.1, -0.05) is 12.1 Å². The van der Waals surface area contributed by atoms with Gasteiger partial charge >= 0.3 is 12.1 Å². The lowest BCUT2D eigenvalue weighted by Gasteiger charge is -2.27. The van der Waals surface area contributed by atoms with E-state index in [1.54, 1.807) is 24.3 Å². The number of carboxylic acids is 1. The fourth-order valence-corrected chi connectivity index (χ4v) is 3.30. The van der Waals surface area contributed by atoms with E-state index in [9.17, 15) is 22.8 Å². The van der Waals surface area contributed by atoms with Gasteiger partial charge in [0.25, 0.3) is 11.8 Å². The van der Waals surface area contributed by atoms with Crippen LogP contribution in [0.15, 0.2) is 48.5 Å². The van der Waals surface area contributed by atoms with E-state index in [0.717, 1.165) is 26.2 Å². The highest BCUT2D eigenvalue weighted by Gasteiger charge is 2.38.